The van der Waals surface area contributed by atoms with Crippen LogP contribution in [0.25, 0.3) is 10.2 Å². The number of hydrogen-bond acceptors (Lipinski definition) is 6. The van der Waals surface area contributed by atoms with Gasteiger partial charge in [0.05, 0.1) is 15.1 Å². The Morgan fingerprint density at radius 3 is 2.43 bits per heavy atom. The summed E-state index contributed by atoms with van der Waals surface area (Å²) in [5.74, 6) is -0.363. The molecule has 148 valence electrons. The Hall–Kier alpha value is -2.36. The molecule has 0 aliphatic heterocycles. The van der Waals surface area contributed by atoms with E-state index in [4.69, 9.17) is 0 Å². The van der Waals surface area contributed by atoms with Gasteiger partial charge in [0.25, 0.3) is 5.91 Å². The quantitative estimate of drug-likeness (QED) is 0.658. The van der Waals surface area contributed by atoms with Gasteiger partial charge in [-0.2, -0.15) is 4.31 Å². The Bertz CT molecular complexity index is 1080. The number of aromatic nitrogens is 2. The van der Waals surface area contributed by atoms with Crippen LogP contribution < -0.4 is 5.32 Å². The number of sulfonamides is 1. The van der Waals surface area contributed by atoms with E-state index in [0.29, 0.717) is 15.3 Å². The predicted octanol–water partition coefficient (Wildman–Crippen LogP) is 3.75. The minimum Gasteiger partial charge on any atom is -0.296 e. The highest BCUT2D eigenvalue weighted by Crippen LogP contribution is 2.30. The molecule has 0 atom stereocenters. The summed E-state index contributed by atoms with van der Waals surface area (Å²) in [4.78, 5) is 20.8. The zero-order valence-electron chi connectivity index (χ0n) is 16.1. The van der Waals surface area contributed by atoms with Gasteiger partial charge in [0.1, 0.15) is 5.69 Å². The van der Waals surface area contributed by atoms with Crippen molar-refractivity contribution in [3.8, 4) is 0 Å². The molecule has 0 aliphatic rings. The van der Waals surface area contributed by atoms with E-state index in [1.54, 1.807) is 42.6 Å². The van der Waals surface area contributed by atoms with Crippen LogP contribution in [0, 0.1) is 0 Å². The van der Waals surface area contributed by atoms with Crippen molar-refractivity contribution in [2.75, 3.05) is 5.32 Å². The molecular weight excluding hydrogens is 396 g/mol. The number of pyridine rings is 1. The lowest BCUT2D eigenvalue weighted by molar-refractivity contribution is 0.102. The number of amides is 1. The smallest absolute Gasteiger partial charge is 0.276 e. The van der Waals surface area contributed by atoms with Crippen molar-refractivity contribution in [2.24, 2.45) is 0 Å². The second kappa shape index (κ2) is 7.94. The van der Waals surface area contributed by atoms with Gasteiger partial charge in [-0.3, -0.25) is 15.1 Å². The van der Waals surface area contributed by atoms with E-state index in [-0.39, 0.29) is 28.6 Å². The molecule has 7 nitrogen and oxygen atoms in total. The SMILES string of the molecule is CC(C)N(C(C)C)S(=O)(=O)c1ccc2nc(NC(=O)c3ccccn3)sc2c1. The molecule has 0 unspecified atom stereocenters. The molecule has 0 radical (unpaired) electrons. The molecule has 0 fully saturated rings. The van der Waals surface area contributed by atoms with E-state index in [1.165, 1.54) is 15.6 Å². The van der Waals surface area contributed by atoms with Gasteiger partial charge in [-0.15, -0.1) is 0 Å². The van der Waals surface area contributed by atoms with Crippen LogP contribution >= 0.6 is 11.3 Å². The molecule has 0 saturated carbocycles. The molecule has 9 heteroatoms. The molecule has 0 saturated heterocycles. The first kappa shape index (κ1) is 20.4. The van der Waals surface area contributed by atoms with Crippen molar-refractivity contribution in [1.29, 1.82) is 0 Å². The second-order valence-electron chi connectivity index (χ2n) is 6.84. The van der Waals surface area contributed by atoms with Gasteiger partial charge in [-0.1, -0.05) is 17.4 Å². The summed E-state index contributed by atoms with van der Waals surface area (Å²) in [7, 11) is -3.63. The number of rotatable bonds is 6. The maximum Gasteiger partial charge on any atom is 0.276 e. The monoisotopic (exact) mass is 418 g/mol. The van der Waals surface area contributed by atoms with Crippen LogP contribution in [0.3, 0.4) is 0 Å². The Balaban J connectivity index is 1.92. The number of nitrogens with one attached hydrogen (secondary N) is 1. The number of carbonyl (C=O) groups is 1. The van der Waals surface area contributed by atoms with Crippen LogP contribution in [0.2, 0.25) is 0 Å². The second-order valence-corrected chi connectivity index (χ2v) is 9.71. The summed E-state index contributed by atoms with van der Waals surface area (Å²) < 4.78 is 28.3. The van der Waals surface area contributed by atoms with Crippen LogP contribution in [0.1, 0.15) is 38.2 Å². The van der Waals surface area contributed by atoms with Crippen molar-refractivity contribution < 1.29 is 13.2 Å². The molecule has 1 aromatic carbocycles. The fraction of sp³-hybridized carbons (Fsp3) is 0.316. The maximum atomic E-state index is 13.1. The van der Waals surface area contributed by atoms with E-state index in [0.717, 1.165) is 0 Å². The Kier molecular flexibility index (Phi) is 5.78. The first-order chi connectivity index (χ1) is 13.2. The third-order valence-electron chi connectivity index (χ3n) is 4.07. The number of thiazole rings is 1. The number of hydrogen-bond donors (Lipinski definition) is 1. The summed E-state index contributed by atoms with van der Waals surface area (Å²) in [5, 5.41) is 3.10. The predicted molar refractivity (Wildman–Crippen MR) is 111 cm³/mol. The summed E-state index contributed by atoms with van der Waals surface area (Å²) in [6.07, 6.45) is 1.54. The van der Waals surface area contributed by atoms with Gasteiger partial charge >= 0.3 is 0 Å². The molecular formula is C19H22N4O3S2. The van der Waals surface area contributed by atoms with Crippen LogP contribution in [0.5, 0.6) is 0 Å². The van der Waals surface area contributed by atoms with Crippen LogP contribution in [0.15, 0.2) is 47.5 Å². The summed E-state index contributed by atoms with van der Waals surface area (Å²) in [6, 6.07) is 9.58. The van der Waals surface area contributed by atoms with Gasteiger partial charge < -0.3 is 0 Å². The fourth-order valence-corrected chi connectivity index (χ4v) is 5.89. The Labute approximate surface area is 168 Å². The zero-order valence-corrected chi connectivity index (χ0v) is 17.7. The molecule has 0 spiro atoms. The van der Waals surface area contributed by atoms with E-state index in [1.807, 2.05) is 27.7 Å². The van der Waals surface area contributed by atoms with Gasteiger partial charge in [-0.25, -0.2) is 13.4 Å². The van der Waals surface area contributed by atoms with Crippen molar-refractivity contribution in [3.05, 3.63) is 48.3 Å². The standard InChI is InChI=1S/C19H22N4O3S2/c1-12(2)23(13(3)4)28(25,26)14-8-9-15-17(11-14)27-19(21-15)22-18(24)16-7-5-6-10-20-16/h5-13H,1-4H3,(H,21,22,24). The number of fused-ring (bicyclic) bond motifs is 1. The molecule has 2 heterocycles. The third kappa shape index (κ3) is 4.06. The van der Waals surface area contributed by atoms with E-state index in [9.17, 15) is 13.2 Å². The number of carbonyl (C=O) groups excluding carboxylic acids is 1. The third-order valence-corrected chi connectivity index (χ3v) is 7.25. The zero-order chi connectivity index (χ0) is 20.5. The summed E-state index contributed by atoms with van der Waals surface area (Å²) in [6.45, 7) is 7.42. The molecule has 2 aromatic heterocycles. The average molecular weight is 419 g/mol. The minimum absolute atomic E-state index is 0.157. The van der Waals surface area contributed by atoms with E-state index in [2.05, 4.69) is 15.3 Å². The largest absolute Gasteiger partial charge is 0.296 e. The Morgan fingerprint density at radius 1 is 1.11 bits per heavy atom. The number of anilines is 1. The number of benzene rings is 1. The molecule has 1 amide bonds. The van der Waals surface area contributed by atoms with Crippen molar-refractivity contribution in [2.45, 2.75) is 44.7 Å². The van der Waals surface area contributed by atoms with Crippen LogP contribution in [-0.4, -0.2) is 40.7 Å². The van der Waals surface area contributed by atoms with E-state index >= 15 is 0 Å². The lowest BCUT2D eigenvalue weighted by Gasteiger charge is -2.29. The maximum absolute atomic E-state index is 13.1. The topological polar surface area (TPSA) is 92.3 Å². The van der Waals surface area contributed by atoms with Gasteiger partial charge in [0.2, 0.25) is 10.0 Å². The normalized spacial score (nSPS) is 12.2. The van der Waals surface area contributed by atoms with Crippen molar-refractivity contribution in [3.63, 3.8) is 0 Å². The molecule has 3 aromatic rings. The number of nitrogens with zero attached hydrogens (tertiary/aromatic N) is 3. The van der Waals surface area contributed by atoms with Crippen LogP contribution in [-0.2, 0) is 10.0 Å². The van der Waals surface area contributed by atoms with E-state index < -0.39 is 10.0 Å². The van der Waals surface area contributed by atoms with Gasteiger partial charge in [0, 0.05) is 18.3 Å². The molecule has 0 bridgehead atoms. The minimum atomic E-state index is -3.63. The first-order valence-electron chi connectivity index (χ1n) is 8.86. The fourth-order valence-electron chi connectivity index (χ4n) is 3.05. The highest BCUT2D eigenvalue weighted by molar-refractivity contribution is 7.89. The molecule has 0 aliphatic carbocycles. The average Bonchev–Trinajstić information content (AvgIpc) is 3.02. The highest BCUT2D eigenvalue weighted by atomic mass is 32.2. The van der Waals surface area contributed by atoms with Crippen LogP contribution in [0.4, 0.5) is 5.13 Å². The summed E-state index contributed by atoms with van der Waals surface area (Å²) in [5.41, 5.74) is 0.912. The highest BCUT2D eigenvalue weighted by Gasteiger charge is 2.29. The van der Waals surface area contributed by atoms with Crippen molar-refractivity contribution >= 4 is 42.6 Å². The summed E-state index contributed by atoms with van der Waals surface area (Å²) >= 11 is 1.23. The van der Waals surface area contributed by atoms with Crippen molar-refractivity contribution in [1.82, 2.24) is 14.3 Å². The molecule has 1 N–H and O–H groups in total. The first-order valence-corrected chi connectivity index (χ1v) is 11.1. The van der Waals surface area contributed by atoms with Gasteiger partial charge in [0.15, 0.2) is 5.13 Å². The lowest BCUT2D eigenvalue weighted by Crippen LogP contribution is -2.41. The Morgan fingerprint density at radius 2 is 1.82 bits per heavy atom. The molecule has 3 rings (SSSR count). The molecule has 28 heavy (non-hydrogen) atoms. The lowest BCUT2D eigenvalue weighted by atomic mass is 10.3. The van der Waals surface area contributed by atoms with Gasteiger partial charge in [-0.05, 0) is 58.0 Å².